The Morgan fingerprint density at radius 3 is 2.57 bits per heavy atom. The highest BCUT2D eigenvalue weighted by atomic mass is 32.2. The van der Waals surface area contributed by atoms with Crippen LogP contribution in [0.5, 0.6) is 5.75 Å². The minimum Gasteiger partial charge on any atom is -0.491 e. The van der Waals surface area contributed by atoms with E-state index < -0.39 is 0 Å². The molecule has 0 saturated carbocycles. The molecule has 0 amide bonds. The third-order valence-corrected chi connectivity index (χ3v) is 4.41. The van der Waals surface area contributed by atoms with Gasteiger partial charge < -0.3 is 10.5 Å². The van der Waals surface area contributed by atoms with Gasteiger partial charge in [0, 0.05) is 18.6 Å². The molecule has 1 aromatic rings. The van der Waals surface area contributed by atoms with Gasteiger partial charge in [-0.1, -0.05) is 12.1 Å². The maximum Gasteiger partial charge on any atom is 0.120 e. The lowest BCUT2D eigenvalue weighted by atomic mass is 10.0. The van der Waals surface area contributed by atoms with Crippen LogP contribution in [0.2, 0.25) is 0 Å². The second-order valence-corrected chi connectivity index (χ2v) is 6.77. The summed E-state index contributed by atoms with van der Waals surface area (Å²) in [6.07, 6.45) is 3.52. The molecule has 0 aliphatic carbocycles. The normalized spacial score (nSPS) is 14.5. The summed E-state index contributed by atoms with van der Waals surface area (Å²) in [5, 5.41) is 0. The predicted octanol–water partition coefficient (Wildman–Crippen LogP) is 3.55. The minimum absolute atomic E-state index is 0.190. The van der Waals surface area contributed by atoms with Gasteiger partial charge in [-0.3, -0.25) is 4.90 Å². The monoisotopic (exact) mass is 310 g/mol. The van der Waals surface area contributed by atoms with E-state index in [1.54, 1.807) is 0 Å². The SMILES string of the molecule is CSCCC(C)N(C)C(CN)c1cccc(OC(C)C)c1. The summed E-state index contributed by atoms with van der Waals surface area (Å²) in [6, 6.07) is 9.07. The molecule has 2 unspecified atom stereocenters. The van der Waals surface area contributed by atoms with Crippen LogP contribution < -0.4 is 10.5 Å². The topological polar surface area (TPSA) is 38.5 Å². The van der Waals surface area contributed by atoms with Crippen molar-refractivity contribution in [2.45, 2.75) is 45.4 Å². The molecule has 2 N–H and O–H groups in total. The van der Waals surface area contributed by atoms with Crippen LogP contribution in [-0.2, 0) is 0 Å². The maximum absolute atomic E-state index is 6.04. The highest BCUT2D eigenvalue weighted by Gasteiger charge is 2.20. The zero-order valence-electron chi connectivity index (χ0n) is 14.0. The number of rotatable bonds is 9. The Bertz CT molecular complexity index is 412. The zero-order valence-corrected chi connectivity index (χ0v) is 14.8. The first-order chi connectivity index (χ1) is 9.99. The van der Waals surface area contributed by atoms with Crippen LogP contribution in [0.15, 0.2) is 24.3 Å². The third-order valence-electron chi connectivity index (χ3n) is 3.76. The first-order valence-corrected chi connectivity index (χ1v) is 9.06. The van der Waals surface area contributed by atoms with Crippen molar-refractivity contribution in [2.24, 2.45) is 5.73 Å². The van der Waals surface area contributed by atoms with E-state index in [0.29, 0.717) is 12.6 Å². The number of ether oxygens (including phenoxy) is 1. The fourth-order valence-corrected chi connectivity index (χ4v) is 2.98. The van der Waals surface area contributed by atoms with Gasteiger partial charge >= 0.3 is 0 Å². The number of benzene rings is 1. The van der Waals surface area contributed by atoms with Gasteiger partial charge in [0.25, 0.3) is 0 Å². The number of thioether (sulfide) groups is 1. The van der Waals surface area contributed by atoms with E-state index in [-0.39, 0.29) is 12.1 Å². The summed E-state index contributed by atoms with van der Waals surface area (Å²) in [4.78, 5) is 2.38. The summed E-state index contributed by atoms with van der Waals surface area (Å²) in [6.45, 7) is 6.98. The standard InChI is InChI=1S/C17H30N2OS/c1-13(2)20-16-8-6-7-15(11-16)17(12-18)19(4)14(3)9-10-21-5/h6-8,11,13-14,17H,9-10,12,18H2,1-5H3. The number of nitrogens with two attached hydrogens (primary N) is 1. The van der Waals surface area contributed by atoms with Crippen molar-refractivity contribution in [3.05, 3.63) is 29.8 Å². The Hall–Kier alpha value is -0.710. The van der Waals surface area contributed by atoms with E-state index in [1.807, 2.05) is 31.7 Å². The first kappa shape index (κ1) is 18.3. The van der Waals surface area contributed by atoms with Crippen molar-refractivity contribution < 1.29 is 4.74 Å². The molecule has 1 aromatic carbocycles. The van der Waals surface area contributed by atoms with Gasteiger partial charge in [-0.2, -0.15) is 11.8 Å². The maximum atomic E-state index is 6.04. The van der Waals surface area contributed by atoms with Gasteiger partial charge in [0.1, 0.15) is 5.75 Å². The van der Waals surface area contributed by atoms with E-state index in [4.69, 9.17) is 10.5 Å². The second kappa shape index (κ2) is 9.34. The van der Waals surface area contributed by atoms with Crippen LogP contribution in [0.3, 0.4) is 0 Å². The summed E-state index contributed by atoms with van der Waals surface area (Å²) in [7, 11) is 2.17. The lowest BCUT2D eigenvalue weighted by Crippen LogP contribution is -2.37. The average Bonchev–Trinajstić information content (AvgIpc) is 2.45. The molecule has 0 radical (unpaired) electrons. The van der Waals surface area contributed by atoms with Crippen LogP contribution in [-0.4, -0.2) is 42.6 Å². The Morgan fingerprint density at radius 2 is 2.00 bits per heavy atom. The van der Waals surface area contributed by atoms with E-state index in [2.05, 4.69) is 43.3 Å². The number of hydrogen-bond donors (Lipinski definition) is 1. The van der Waals surface area contributed by atoms with Gasteiger partial charge in [-0.05, 0) is 63.9 Å². The fraction of sp³-hybridized carbons (Fsp3) is 0.647. The van der Waals surface area contributed by atoms with E-state index in [1.165, 1.54) is 17.7 Å². The molecule has 120 valence electrons. The van der Waals surface area contributed by atoms with Crippen LogP contribution >= 0.6 is 11.8 Å². The predicted molar refractivity (Wildman–Crippen MR) is 94.2 cm³/mol. The lowest BCUT2D eigenvalue weighted by molar-refractivity contribution is 0.184. The second-order valence-electron chi connectivity index (χ2n) is 5.79. The van der Waals surface area contributed by atoms with Crippen molar-refractivity contribution in [1.82, 2.24) is 4.90 Å². The Balaban J connectivity index is 2.83. The van der Waals surface area contributed by atoms with Crippen molar-refractivity contribution in [3.8, 4) is 5.75 Å². The Morgan fingerprint density at radius 1 is 1.29 bits per heavy atom. The molecule has 4 heteroatoms. The van der Waals surface area contributed by atoms with Crippen molar-refractivity contribution in [3.63, 3.8) is 0 Å². The van der Waals surface area contributed by atoms with Crippen molar-refractivity contribution >= 4 is 11.8 Å². The van der Waals surface area contributed by atoms with Crippen LogP contribution in [0, 0.1) is 0 Å². The highest BCUT2D eigenvalue weighted by Crippen LogP contribution is 2.25. The van der Waals surface area contributed by atoms with Gasteiger partial charge in [-0.15, -0.1) is 0 Å². The molecule has 0 aliphatic heterocycles. The smallest absolute Gasteiger partial charge is 0.120 e. The van der Waals surface area contributed by atoms with Gasteiger partial charge in [0.15, 0.2) is 0 Å². The largest absolute Gasteiger partial charge is 0.491 e. The molecule has 0 aliphatic rings. The van der Waals surface area contributed by atoms with Gasteiger partial charge in [-0.25, -0.2) is 0 Å². The Labute approximate surface area is 134 Å². The van der Waals surface area contributed by atoms with Crippen molar-refractivity contribution in [1.29, 1.82) is 0 Å². The number of likely N-dealkylation sites (N-methyl/N-ethyl adjacent to an activating group) is 1. The number of nitrogens with zero attached hydrogens (tertiary/aromatic N) is 1. The molecule has 0 aromatic heterocycles. The van der Waals surface area contributed by atoms with E-state index >= 15 is 0 Å². The molecular formula is C17H30N2OS. The third kappa shape index (κ3) is 5.89. The van der Waals surface area contributed by atoms with Crippen LogP contribution in [0.25, 0.3) is 0 Å². The molecule has 0 heterocycles. The Kier molecular flexibility index (Phi) is 8.15. The quantitative estimate of drug-likeness (QED) is 0.757. The summed E-state index contributed by atoms with van der Waals surface area (Å²) >= 11 is 1.89. The molecule has 0 spiro atoms. The summed E-state index contributed by atoms with van der Waals surface area (Å²) < 4.78 is 5.79. The molecule has 0 fully saturated rings. The fourth-order valence-electron chi connectivity index (χ4n) is 2.40. The van der Waals surface area contributed by atoms with Gasteiger partial charge in [0.05, 0.1) is 6.10 Å². The van der Waals surface area contributed by atoms with Crippen LogP contribution in [0.4, 0.5) is 0 Å². The van der Waals surface area contributed by atoms with Crippen LogP contribution in [0.1, 0.15) is 38.8 Å². The highest BCUT2D eigenvalue weighted by molar-refractivity contribution is 7.98. The molecule has 0 bridgehead atoms. The summed E-state index contributed by atoms with van der Waals surface area (Å²) in [5.74, 6) is 2.10. The molecule has 3 nitrogen and oxygen atoms in total. The zero-order chi connectivity index (χ0) is 15.8. The molecule has 21 heavy (non-hydrogen) atoms. The summed E-state index contributed by atoms with van der Waals surface area (Å²) in [5.41, 5.74) is 7.27. The molecule has 2 atom stereocenters. The average molecular weight is 311 g/mol. The number of hydrogen-bond acceptors (Lipinski definition) is 4. The first-order valence-electron chi connectivity index (χ1n) is 7.67. The molecule has 1 rings (SSSR count). The van der Waals surface area contributed by atoms with Gasteiger partial charge in [0.2, 0.25) is 0 Å². The molecule has 0 saturated heterocycles. The minimum atomic E-state index is 0.190. The van der Waals surface area contributed by atoms with E-state index in [0.717, 1.165) is 5.75 Å². The van der Waals surface area contributed by atoms with Crippen molar-refractivity contribution in [2.75, 3.05) is 25.6 Å². The lowest BCUT2D eigenvalue weighted by Gasteiger charge is -2.33. The molecular weight excluding hydrogens is 280 g/mol. The van der Waals surface area contributed by atoms with E-state index in [9.17, 15) is 0 Å².